The summed E-state index contributed by atoms with van der Waals surface area (Å²) in [5.41, 5.74) is 2.70. The Kier molecular flexibility index (Phi) is 6.64. The molecule has 0 aliphatic carbocycles. The van der Waals surface area contributed by atoms with Crippen LogP contribution in [0.3, 0.4) is 0 Å². The summed E-state index contributed by atoms with van der Waals surface area (Å²) in [6.45, 7) is 2.44. The van der Waals surface area contributed by atoms with Crippen molar-refractivity contribution in [1.82, 2.24) is 19.7 Å². The van der Waals surface area contributed by atoms with E-state index in [0.717, 1.165) is 17.0 Å². The van der Waals surface area contributed by atoms with E-state index in [1.165, 1.54) is 11.8 Å². The molecule has 1 N–H and O–H groups in total. The molecule has 2 aromatic carbocycles. The summed E-state index contributed by atoms with van der Waals surface area (Å²) in [5, 5.41) is 12.5. The largest absolute Gasteiger partial charge is 0.325 e. The van der Waals surface area contributed by atoms with Crippen LogP contribution >= 0.6 is 23.4 Å². The van der Waals surface area contributed by atoms with Gasteiger partial charge in [-0.25, -0.2) is 0 Å². The molecule has 8 heteroatoms. The molecule has 0 fully saturated rings. The van der Waals surface area contributed by atoms with Crippen molar-refractivity contribution in [1.29, 1.82) is 0 Å². The number of carbonyl (C=O) groups excluding carboxylic acids is 1. The number of halogens is 1. The van der Waals surface area contributed by atoms with E-state index in [1.807, 2.05) is 41.8 Å². The van der Waals surface area contributed by atoms with Crippen LogP contribution in [-0.2, 0) is 11.3 Å². The Morgan fingerprint density at radius 2 is 1.84 bits per heavy atom. The van der Waals surface area contributed by atoms with Gasteiger partial charge in [0.05, 0.1) is 11.8 Å². The maximum Gasteiger partial charge on any atom is 0.237 e. The molecule has 156 valence electrons. The Bertz CT molecular complexity index is 1170. The highest BCUT2D eigenvalue weighted by Crippen LogP contribution is 2.28. The van der Waals surface area contributed by atoms with E-state index in [2.05, 4.69) is 32.6 Å². The van der Waals surface area contributed by atoms with Crippen LogP contribution in [0, 0.1) is 0 Å². The fourth-order valence-corrected chi connectivity index (χ4v) is 4.06. The predicted molar refractivity (Wildman–Crippen MR) is 124 cm³/mol. The number of pyridine rings is 1. The highest BCUT2D eigenvalue weighted by atomic mass is 35.5. The second-order valence-corrected chi connectivity index (χ2v) is 8.62. The molecular formula is C23H20ClN5OS. The zero-order valence-corrected chi connectivity index (χ0v) is 18.3. The van der Waals surface area contributed by atoms with Gasteiger partial charge in [0.1, 0.15) is 0 Å². The highest BCUT2D eigenvalue weighted by Gasteiger charge is 2.21. The summed E-state index contributed by atoms with van der Waals surface area (Å²) in [5.74, 6) is 0.600. The van der Waals surface area contributed by atoms with Crippen molar-refractivity contribution in [2.75, 3.05) is 5.32 Å². The lowest BCUT2D eigenvalue weighted by Gasteiger charge is -2.14. The van der Waals surface area contributed by atoms with Crippen LogP contribution in [0.4, 0.5) is 5.69 Å². The van der Waals surface area contributed by atoms with Crippen LogP contribution in [0.15, 0.2) is 84.3 Å². The summed E-state index contributed by atoms with van der Waals surface area (Å²) >= 11 is 7.38. The maximum atomic E-state index is 12.7. The van der Waals surface area contributed by atoms with E-state index in [1.54, 1.807) is 36.7 Å². The monoisotopic (exact) mass is 449 g/mol. The third-order valence-electron chi connectivity index (χ3n) is 4.58. The smallest absolute Gasteiger partial charge is 0.237 e. The van der Waals surface area contributed by atoms with Crippen molar-refractivity contribution >= 4 is 35.0 Å². The number of aromatic nitrogens is 4. The van der Waals surface area contributed by atoms with E-state index in [9.17, 15) is 4.79 Å². The molecule has 0 saturated carbocycles. The molecule has 0 aliphatic heterocycles. The van der Waals surface area contributed by atoms with E-state index in [4.69, 9.17) is 11.6 Å². The van der Waals surface area contributed by atoms with Crippen molar-refractivity contribution in [3.63, 3.8) is 0 Å². The number of benzene rings is 2. The van der Waals surface area contributed by atoms with Crippen LogP contribution in [0.5, 0.6) is 0 Å². The number of anilines is 1. The summed E-state index contributed by atoms with van der Waals surface area (Å²) in [4.78, 5) is 16.8. The number of nitrogens with zero attached hydrogens (tertiary/aromatic N) is 4. The quantitative estimate of drug-likeness (QED) is 0.394. The lowest BCUT2D eigenvalue weighted by Crippen LogP contribution is -2.23. The SMILES string of the molecule is CC(Sc1nnc(-c2ccncc2)n1Cc1ccccc1)C(=O)Nc1cccc(Cl)c1. The number of amides is 1. The Morgan fingerprint density at radius 3 is 2.58 bits per heavy atom. The van der Waals surface area contributed by atoms with E-state index in [0.29, 0.717) is 22.4 Å². The molecule has 1 amide bonds. The predicted octanol–water partition coefficient (Wildman–Crippen LogP) is 5.16. The number of nitrogens with one attached hydrogen (secondary N) is 1. The van der Waals surface area contributed by atoms with Gasteiger partial charge in [-0.15, -0.1) is 10.2 Å². The first-order valence-corrected chi connectivity index (χ1v) is 11.0. The summed E-state index contributed by atoms with van der Waals surface area (Å²) in [6.07, 6.45) is 3.45. The molecule has 4 aromatic rings. The average Bonchev–Trinajstić information content (AvgIpc) is 3.17. The normalized spacial score (nSPS) is 11.8. The molecule has 0 saturated heterocycles. The van der Waals surface area contributed by atoms with E-state index >= 15 is 0 Å². The first-order valence-electron chi connectivity index (χ1n) is 9.71. The molecule has 0 aliphatic rings. The summed E-state index contributed by atoms with van der Waals surface area (Å²) in [7, 11) is 0. The Hall–Kier alpha value is -3.16. The molecule has 0 bridgehead atoms. The van der Waals surface area contributed by atoms with Crippen LogP contribution < -0.4 is 5.32 Å². The zero-order chi connectivity index (χ0) is 21.6. The Balaban J connectivity index is 1.58. The third kappa shape index (κ3) is 5.31. The fourth-order valence-electron chi connectivity index (χ4n) is 3.02. The molecule has 1 unspecified atom stereocenters. The molecule has 6 nitrogen and oxygen atoms in total. The van der Waals surface area contributed by atoms with Gasteiger partial charge < -0.3 is 5.32 Å². The van der Waals surface area contributed by atoms with Crippen molar-refractivity contribution in [2.45, 2.75) is 23.9 Å². The number of thioether (sulfide) groups is 1. The van der Waals surface area contributed by atoms with Crippen molar-refractivity contribution in [2.24, 2.45) is 0 Å². The second kappa shape index (κ2) is 9.76. The number of rotatable bonds is 7. The molecule has 0 spiro atoms. The van der Waals surface area contributed by atoms with Gasteiger partial charge in [-0.2, -0.15) is 0 Å². The number of hydrogen-bond donors (Lipinski definition) is 1. The van der Waals surface area contributed by atoms with Crippen LogP contribution in [-0.4, -0.2) is 30.9 Å². The molecule has 31 heavy (non-hydrogen) atoms. The fraction of sp³-hybridized carbons (Fsp3) is 0.130. The molecule has 0 radical (unpaired) electrons. The van der Waals surface area contributed by atoms with Crippen molar-refractivity contribution in [3.8, 4) is 11.4 Å². The Morgan fingerprint density at radius 1 is 1.06 bits per heavy atom. The van der Waals surface area contributed by atoms with Gasteiger partial charge in [0, 0.05) is 28.7 Å². The van der Waals surface area contributed by atoms with Gasteiger partial charge in [-0.3, -0.25) is 14.3 Å². The lowest BCUT2D eigenvalue weighted by molar-refractivity contribution is -0.115. The van der Waals surface area contributed by atoms with Crippen LogP contribution in [0.25, 0.3) is 11.4 Å². The maximum absolute atomic E-state index is 12.7. The minimum absolute atomic E-state index is 0.132. The minimum atomic E-state index is -0.386. The van der Waals surface area contributed by atoms with Crippen molar-refractivity contribution < 1.29 is 4.79 Å². The molecule has 2 heterocycles. The first kappa shape index (κ1) is 21.1. The van der Waals surface area contributed by atoms with Crippen LogP contribution in [0.2, 0.25) is 5.02 Å². The van der Waals surface area contributed by atoms with Gasteiger partial charge in [-0.05, 0) is 42.8 Å². The van der Waals surface area contributed by atoms with Crippen molar-refractivity contribution in [3.05, 3.63) is 89.7 Å². The average molecular weight is 450 g/mol. The molecule has 4 rings (SSSR count). The number of hydrogen-bond acceptors (Lipinski definition) is 5. The van der Waals surface area contributed by atoms with Gasteiger partial charge in [-0.1, -0.05) is 59.8 Å². The van der Waals surface area contributed by atoms with Gasteiger partial charge in [0.25, 0.3) is 0 Å². The molecule has 2 aromatic heterocycles. The standard InChI is InChI=1S/C23H20ClN5OS/c1-16(22(30)26-20-9-5-8-19(24)14-20)31-23-28-27-21(18-10-12-25-13-11-18)29(23)15-17-6-3-2-4-7-17/h2-14,16H,15H2,1H3,(H,26,30). The lowest BCUT2D eigenvalue weighted by atomic mass is 10.2. The van der Waals surface area contributed by atoms with Gasteiger partial charge >= 0.3 is 0 Å². The van der Waals surface area contributed by atoms with E-state index < -0.39 is 0 Å². The second-order valence-electron chi connectivity index (χ2n) is 6.87. The summed E-state index contributed by atoms with van der Waals surface area (Å²) in [6, 6.07) is 21.0. The third-order valence-corrected chi connectivity index (χ3v) is 5.90. The van der Waals surface area contributed by atoms with Crippen LogP contribution in [0.1, 0.15) is 12.5 Å². The molecule has 1 atom stereocenters. The van der Waals surface area contributed by atoms with Gasteiger partial charge in [0.2, 0.25) is 5.91 Å². The van der Waals surface area contributed by atoms with Gasteiger partial charge in [0.15, 0.2) is 11.0 Å². The highest BCUT2D eigenvalue weighted by molar-refractivity contribution is 8.00. The van der Waals surface area contributed by atoms with E-state index in [-0.39, 0.29) is 11.2 Å². The number of carbonyl (C=O) groups is 1. The molecular weight excluding hydrogens is 430 g/mol. The zero-order valence-electron chi connectivity index (χ0n) is 16.8. The summed E-state index contributed by atoms with van der Waals surface area (Å²) < 4.78 is 2.03. The minimum Gasteiger partial charge on any atom is -0.325 e. The topological polar surface area (TPSA) is 72.7 Å². The first-order chi connectivity index (χ1) is 15.1. The Labute approximate surface area is 189 Å².